The molecule has 2 aromatic rings. The first kappa shape index (κ1) is 16.6. The van der Waals surface area contributed by atoms with E-state index < -0.39 is 5.41 Å². The largest absolute Gasteiger partial charge is 0.497 e. The van der Waals surface area contributed by atoms with Crippen LogP contribution in [0.1, 0.15) is 17.5 Å². The summed E-state index contributed by atoms with van der Waals surface area (Å²) in [6.45, 7) is 0.825. The van der Waals surface area contributed by atoms with E-state index in [2.05, 4.69) is 5.32 Å². The molecular formula is C20H19FN2O3. The standard InChI is InChI=1S/C20H19FN2O3/c1-26-15-5-6-17-16(11-15)20(19(25)22-17)7-8-23(12-20)18(24)10-13-3-2-4-14(21)9-13/h2-6,9,11H,7-8,10,12H2,1H3,(H,22,25)/t20-/m0/s1. The van der Waals surface area contributed by atoms with Gasteiger partial charge in [0.25, 0.3) is 0 Å². The van der Waals surface area contributed by atoms with E-state index in [0.29, 0.717) is 30.8 Å². The van der Waals surface area contributed by atoms with E-state index >= 15 is 0 Å². The summed E-state index contributed by atoms with van der Waals surface area (Å²) in [5.41, 5.74) is 1.55. The minimum Gasteiger partial charge on any atom is -0.497 e. The van der Waals surface area contributed by atoms with Gasteiger partial charge >= 0.3 is 0 Å². The molecule has 0 saturated carbocycles. The Morgan fingerprint density at radius 3 is 2.92 bits per heavy atom. The Labute approximate surface area is 150 Å². The second-order valence-electron chi connectivity index (χ2n) is 6.82. The summed E-state index contributed by atoms with van der Waals surface area (Å²) in [4.78, 5) is 27.0. The Hall–Kier alpha value is -2.89. The van der Waals surface area contributed by atoms with Crippen molar-refractivity contribution in [2.45, 2.75) is 18.3 Å². The molecule has 1 saturated heterocycles. The van der Waals surface area contributed by atoms with Gasteiger partial charge < -0.3 is 15.0 Å². The Morgan fingerprint density at radius 2 is 2.15 bits per heavy atom. The zero-order valence-electron chi connectivity index (χ0n) is 14.4. The summed E-state index contributed by atoms with van der Waals surface area (Å²) < 4.78 is 18.6. The lowest BCUT2D eigenvalue weighted by atomic mass is 9.81. The van der Waals surface area contributed by atoms with Crippen molar-refractivity contribution in [3.05, 3.63) is 59.4 Å². The van der Waals surface area contributed by atoms with E-state index in [4.69, 9.17) is 4.74 Å². The third-order valence-corrected chi connectivity index (χ3v) is 5.29. The minimum atomic E-state index is -0.735. The normalized spacial score (nSPS) is 21.0. The molecule has 2 heterocycles. The molecule has 134 valence electrons. The number of benzene rings is 2. The molecular weight excluding hydrogens is 335 g/mol. The van der Waals surface area contributed by atoms with Crippen molar-refractivity contribution in [2.75, 3.05) is 25.5 Å². The lowest BCUT2D eigenvalue weighted by Gasteiger charge is -2.23. The number of halogens is 1. The average Bonchev–Trinajstić information content (AvgIpc) is 3.19. The molecule has 0 radical (unpaired) electrons. The number of methoxy groups -OCH3 is 1. The highest BCUT2D eigenvalue weighted by Gasteiger charge is 2.52. The summed E-state index contributed by atoms with van der Waals surface area (Å²) in [7, 11) is 1.59. The first-order chi connectivity index (χ1) is 12.5. The Balaban J connectivity index is 1.57. The van der Waals surface area contributed by atoms with Gasteiger partial charge in [0.1, 0.15) is 11.6 Å². The first-order valence-corrected chi connectivity index (χ1v) is 8.54. The fourth-order valence-corrected chi connectivity index (χ4v) is 3.88. The summed E-state index contributed by atoms with van der Waals surface area (Å²) >= 11 is 0. The molecule has 6 heteroatoms. The predicted octanol–water partition coefficient (Wildman–Crippen LogP) is 2.50. The summed E-state index contributed by atoms with van der Waals surface area (Å²) in [6.07, 6.45) is 0.689. The maximum absolute atomic E-state index is 13.3. The fourth-order valence-electron chi connectivity index (χ4n) is 3.88. The Kier molecular flexibility index (Phi) is 3.90. The molecule has 1 spiro atoms. The predicted molar refractivity (Wildman–Crippen MR) is 94.6 cm³/mol. The van der Waals surface area contributed by atoms with Crippen LogP contribution in [0.15, 0.2) is 42.5 Å². The maximum Gasteiger partial charge on any atom is 0.237 e. The van der Waals surface area contributed by atoms with Gasteiger partial charge in [-0.25, -0.2) is 4.39 Å². The quantitative estimate of drug-likeness (QED) is 0.921. The van der Waals surface area contributed by atoms with Gasteiger partial charge in [0.05, 0.1) is 18.9 Å². The molecule has 0 unspecified atom stereocenters. The van der Waals surface area contributed by atoms with Gasteiger partial charge in [-0.15, -0.1) is 0 Å². The van der Waals surface area contributed by atoms with Gasteiger partial charge in [-0.3, -0.25) is 9.59 Å². The van der Waals surface area contributed by atoms with Crippen molar-refractivity contribution < 1.29 is 18.7 Å². The van der Waals surface area contributed by atoms with E-state index in [-0.39, 0.29) is 24.1 Å². The average molecular weight is 354 g/mol. The molecule has 1 N–H and O–H groups in total. The van der Waals surface area contributed by atoms with Crippen LogP contribution >= 0.6 is 0 Å². The molecule has 1 fully saturated rings. The summed E-state index contributed by atoms with van der Waals surface area (Å²) in [5, 5.41) is 2.92. The highest BCUT2D eigenvalue weighted by Crippen LogP contribution is 2.45. The third-order valence-electron chi connectivity index (χ3n) is 5.29. The van der Waals surface area contributed by atoms with Crippen molar-refractivity contribution in [3.63, 3.8) is 0 Å². The Bertz CT molecular complexity index is 898. The molecule has 2 aromatic carbocycles. The number of hydrogen-bond acceptors (Lipinski definition) is 3. The Morgan fingerprint density at radius 1 is 1.31 bits per heavy atom. The third kappa shape index (κ3) is 2.62. The van der Waals surface area contributed by atoms with Crippen molar-refractivity contribution in [2.24, 2.45) is 0 Å². The summed E-state index contributed by atoms with van der Waals surface area (Å²) in [5.74, 6) is 0.145. The molecule has 2 aliphatic rings. The van der Waals surface area contributed by atoms with Crippen LogP contribution in [-0.4, -0.2) is 36.9 Å². The molecule has 0 bridgehead atoms. The van der Waals surface area contributed by atoms with Crippen molar-refractivity contribution in [1.82, 2.24) is 4.90 Å². The molecule has 0 aliphatic carbocycles. The zero-order valence-corrected chi connectivity index (χ0v) is 14.4. The molecule has 4 rings (SSSR count). The molecule has 1 atom stereocenters. The first-order valence-electron chi connectivity index (χ1n) is 8.54. The van der Waals surface area contributed by atoms with E-state index in [1.165, 1.54) is 12.1 Å². The number of fused-ring (bicyclic) bond motifs is 2. The van der Waals surface area contributed by atoms with Crippen LogP contribution in [0.5, 0.6) is 5.75 Å². The number of likely N-dealkylation sites (tertiary alicyclic amines) is 1. The molecule has 26 heavy (non-hydrogen) atoms. The second kappa shape index (κ2) is 6.12. The SMILES string of the molecule is COc1ccc2c(c1)[C@@]1(CCN(C(=O)Cc3cccc(F)c3)C1)C(=O)N2. The zero-order chi connectivity index (χ0) is 18.3. The highest BCUT2D eigenvalue weighted by atomic mass is 19.1. The minimum absolute atomic E-state index is 0.0817. The molecule has 5 nitrogen and oxygen atoms in total. The monoisotopic (exact) mass is 354 g/mol. The number of amides is 2. The number of hydrogen-bond donors (Lipinski definition) is 1. The lowest BCUT2D eigenvalue weighted by molar-refractivity contribution is -0.129. The smallest absolute Gasteiger partial charge is 0.237 e. The van der Waals surface area contributed by atoms with E-state index in [1.807, 2.05) is 12.1 Å². The van der Waals surface area contributed by atoms with Gasteiger partial charge in [-0.1, -0.05) is 12.1 Å². The van der Waals surface area contributed by atoms with Crippen molar-refractivity contribution >= 4 is 17.5 Å². The topological polar surface area (TPSA) is 58.6 Å². The van der Waals surface area contributed by atoms with Crippen molar-refractivity contribution in [1.29, 1.82) is 0 Å². The van der Waals surface area contributed by atoms with Crippen LogP contribution in [0.3, 0.4) is 0 Å². The number of anilines is 1. The van der Waals surface area contributed by atoms with Gasteiger partial charge in [0.15, 0.2) is 0 Å². The highest BCUT2D eigenvalue weighted by molar-refractivity contribution is 6.07. The van der Waals surface area contributed by atoms with Crippen molar-refractivity contribution in [3.8, 4) is 5.75 Å². The van der Waals surface area contributed by atoms with E-state index in [9.17, 15) is 14.0 Å². The molecule has 2 aliphatic heterocycles. The van der Waals surface area contributed by atoms with Gasteiger partial charge in [-0.05, 0) is 47.9 Å². The number of nitrogens with zero attached hydrogens (tertiary/aromatic N) is 1. The van der Waals surface area contributed by atoms with Gasteiger partial charge in [0.2, 0.25) is 11.8 Å². The fraction of sp³-hybridized carbons (Fsp3) is 0.300. The van der Waals surface area contributed by atoms with Crippen LogP contribution in [0, 0.1) is 5.82 Å². The van der Waals surface area contributed by atoms with Crippen LogP contribution in [0.4, 0.5) is 10.1 Å². The van der Waals surface area contributed by atoms with Gasteiger partial charge in [-0.2, -0.15) is 0 Å². The molecule has 0 aromatic heterocycles. The lowest BCUT2D eigenvalue weighted by Crippen LogP contribution is -2.39. The second-order valence-corrected chi connectivity index (χ2v) is 6.82. The van der Waals surface area contributed by atoms with Gasteiger partial charge in [0, 0.05) is 18.8 Å². The number of carbonyl (C=O) groups is 2. The van der Waals surface area contributed by atoms with Crippen LogP contribution in [-0.2, 0) is 21.4 Å². The summed E-state index contributed by atoms with van der Waals surface area (Å²) in [6, 6.07) is 11.6. The number of carbonyl (C=O) groups excluding carboxylic acids is 2. The maximum atomic E-state index is 13.3. The van der Waals surface area contributed by atoms with E-state index in [0.717, 1.165) is 11.3 Å². The number of ether oxygens (including phenoxy) is 1. The molecule has 2 amide bonds. The van der Waals surface area contributed by atoms with Crippen LogP contribution in [0.25, 0.3) is 0 Å². The number of rotatable bonds is 3. The van der Waals surface area contributed by atoms with Crippen LogP contribution in [0.2, 0.25) is 0 Å². The number of nitrogens with one attached hydrogen (secondary N) is 1. The van der Waals surface area contributed by atoms with Crippen LogP contribution < -0.4 is 10.1 Å². The van der Waals surface area contributed by atoms with E-state index in [1.54, 1.807) is 30.2 Å².